The molecule has 3 aliphatic rings. The summed E-state index contributed by atoms with van der Waals surface area (Å²) < 4.78 is 0. The van der Waals surface area contributed by atoms with E-state index < -0.39 is 0 Å². The normalized spacial score (nSPS) is 34.5. The lowest BCUT2D eigenvalue weighted by Gasteiger charge is -2.48. The summed E-state index contributed by atoms with van der Waals surface area (Å²) in [6.07, 6.45) is 7.30. The van der Waals surface area contributed by atoms with Crippen LogP contribution in [0.4, 0.5) is 0 Å². The Hall–Kier alpha value is -1.06. The summed E-state index contributed by atoms with van der Waals surface area (Å²) in [5.41, 5.74) is -0.0946. The fourth-order valence-corrected chi connectivity index (χ4v) is 3.87. The highest BCUT2D eigenvalue weighted by molar-refractivity contribution is 5.97. The number of rotatable bonds is 3. The van der Waals surface area contributed by atoms with Crippen molar-refractivity contribution in [2.45, 2.75) is 76.4 Å². The molecule has 2 amide bonds. The van der Waals surface area contributed by atoms with E-state index in [1.165, 1.54) is 12.8 Å². The van der Waals surface area contributed by atoms with E-state index in [-0.39, 0.29) is 29.4 Å². The maximum Gasteiger partial charge on any atom is 0.246 e. The van der Waals surface area contributed by atoms with Crippen molar-refractivity contribution in [2.24, 2.45) is 5.92 Å². The fourth-order valence-electron chi connectivity index (χ4n) is 3.87. The zero-order valence-electron chi connectivity index (χ0n) is 11.9. The number of hydrogen-bond donors (Lipinski definition) is 1. The third-order valence-electron chi connectivity index (χ3n) is 5.16. The quantitative estimate of drug-likeness (QED) is 0.845. The molecule has 19 heavy (non-hydrogen) atoms. The zero-order valence-corrected chi connectivity index (χ0v) is 11.9. The molecule has 0 aromatic rings. The van der Waals surface area contributed by atoms with Crippen LogP contribution < -0.4 is 5.32 Å². The first-order valence-electron chi connectivity index (χ1n) is 7.70. The van der Waals surface area contributed by atoms with Gasteiger partial charge in [-0.15, -0.1) is 0 Å². The Morgan fingerprint density at radius 3 is 2.42 bits per heavy atom. The second kappa shape index (κ2) is 4.50. The molecule has 2 atom stereocenters. The molecule has 0 radical (unpaired) electrons. The van der Waals surface area contributed by atoms with Crippen LogP contribution in [-0.4, -0.2) is 34.3 Å². The van der Waals surface area contributed by atoms with Crippen LogP contribution in [0.15, 0.2) is 0 Å². The number of carbonyl (C=O) groups excluding carboxylic acids is 2. The summed E-state index contributed by atoms with van der Waals surface area (Å²) in [6.45, 7) is 4.17. The number of amides is 2. The molecule has 0 bridgehead atoms. The van der Waals surface area contributed by atoms with Crippen LogP contribution in [0.3, 0.4) is 0 Å². The van der Waals surface area contributed by atoms with Crippen molar-refractivity contribution in [3.8, 4) is 0 Å². The Labute approximate surface area is 114 Å². The average molecular weight is 264 g/mol. The Morgan fingerprint density at radius 1 is 1.26 bits per heavy atom. The summed E-state index contributed by atoms with van der Waals surface area (Å²) in [4.78, 5) is 27.1. The van der Waals surface area contributed by atoms with Gasteiger partial charge >= 0.3 is 0 Å². The molecule has 4 heteroatoms. The second-order valence-corrected chi connectivity index (χ2v) is 6.66. The molecule has 2 saturated carbocycles. The minimum atomic E-state index is -0.259. The molecule has 106 valence electrons. The molecular weight excluding hydrogens is 240 g/mol. The second-order valence-electron chi connectivity index (χ2n) is 6.66. The molecule has 3 fully saturated rings. The third-order valence-corrected chi connectivity index (χ3v) is 5.16. The van der Waals surface area contributed by atoms with E-state index in [1.807, 2.05) is 11.8 Å². The van der Waals surface area contributed by atoms with Gasteiger partial charge in [-0.1, -0.05) is 19.8 Å². The maximum absolute atomic E-state index is 12.8. The highest BCUT2D eigenvalue weighted by Gasteiger charge is 2.52. The van der Waals surface area contributed by atoms with Gasteiger partial charge in [0.15, 0.2) is 0 Å². The van der Waals surface area contributed by atoms with Crippen LogP contribution in [0.1, 0.15) is 58.8 Å². The van der Waals surface area contributed by atoms with Crippen molar-refractivity contribution in [1.29, 1.82) is 0 Å². The lowest BCUT2D eigenvalue weighted by molar-refractivity contribution is -0.157. The fraction of sp³-hybridized carbons (Fsp3) is 0.867. The number of carbonyl (C=O) groups is 2. The summed E-state index contributed by atoms with van der Waals surface area (Å²) in [7, 11) is 0. The van der Waals surface area contributed by atoms with Crippen molar-refractivity contribution in [2.75, 3.05) is 0 Å². The first-order valence-corrected chi connectivity index (χ1v) is 7.70. The minimum Gasteiger partial charge on any atom is -0.342 e. The number of hydrogen-bond acceptors (Lipinski definition) is 2. The predicted octanol–water partition coefficient (Wildman–Crippen LogP) is 1.83. The van der Waals surface area contributed by atoms with Gasteiger partial charge in [0.05, 0.1) is 0 Å². The number of nitrogens with zero attached hydrogens (tertiary/aromatic N) is 1. The molecule has 3 rings (SSSR count). The molecule has 1 heterocycles. The highest BCUT2D eigenvalue weighted by atomic mass is 16.2. The van der Waals surface area contributed by atoms with Gasteiger partial charge in [-0.05, 0) is 44.9 Å². The van der Waals surface area contributed by atoms with Crippen molar-refractivity contribution in [3.05, 3.63) is 0 Å². The molecule has 1 aliphatic heterocycles. The van der Waals surface area contributed by atoms with Gasteiger partial charge < -0.3 is 10.2 Å². The van der Waals surface area contributed by atoms with Crippen LogP contribution in [0, 0.1) is 5.92 Å². The molecule has 0 aromatic carbocycles. The van der Waals surface area contributed by atoms with E-state index in [0.29, 0.717) is 12.3 Å². The SMILES string of the molecule is CCC1C(=O)NC(C2CC2)C(=O)N1C1(C)CCCC1. The topological polar surface area (TPSA) is 49.4 Å². The van der Waals surface area contributed by atoms with E-state index >= 15 is 0 Å². The summed E-state index contributed by atoms with van der Waals surface area (Å²) >= 11 is 0. The van der Waals surface area contributed by atoms with E-state index in [4.69, 9.17) is 0 Å². The molecule has 0 spiro atoms. The Kier molecular flexibility index (Phi) is 3.06. The molecule has 2 aliphatic carbocycles. The smallest absolute Gasteiger partial charge is 0.246 e. The van der Waals surface area contributed by atoms with Crippen molar-refractivity contribution < 1.29 is 9.59 Å². The van der Waals surface area contributed by atoms with Gasteiger partial charge in [0.2, 0.25) is 11.8 Å². The van der Waals surface area contributed by atoms with Gasteiger partial charge in [0, 0.05) is 5.54 Å². The number of piperazine rings is 1. The van der Waals surface area contributed by atoms with Gasteiger partial charge in [0.1, 0.15) is 12.1 Å². The molecule has 1 N–H and O–H groups in total. The lowest BCUT2D eigenvalue weighted by atomic mass is 9.90. The summed E-state index contributed by atoms with van der Waals surface area (Å²) in [6, 6.07) is -0.502. The molecule has 2 unspecified atom stereocenters. The molecular formula is C15H24N2O2. The first-order chi connectivity index (χ1) is 9.07. The van der Waals surface area contributed by atoms with Crippen LogP contribution in [0.2, 0.25) is 0 Å². The highest BCUT2D eigenvalue weighted by Crippen LogP contribution is 2.41. The number of nitrogens with one attached hydrogen (secondary N) is 1. The van der Waals surface area contributed by atoms with Crippen LogP contribution in [0.5, 0.6) is 0 Å². The van der Waals surface area contributed by atoms with Crippen LogP contribution >= 0.6 is 0 Å². The maximum atomic E-state index is 12.8. The van der Waals surface area contributed by atoms with Crippen molar-refractivity contribution in [1.82, 2.24) is 10.2 Å². The Balaban J connectivity index is 1.91. The van der Waals surface area contributed by atoms with Gasteiger partial charge in [-0.25, -0.2) is 0 Å². The third kappa shape index (κ3) is 2.05. The van der Waals surface area contributed by atoms with E-state index in [9.17, 15) is 9.59 Å². The Bertz CT molecular complexity index is 397. The molecule has 0 aromatic heterocycles. The van der Waals surface area contributed by atoms with Crippen LogP contribution in [-0.2, 0) is 9.59 Å². The molecule has 1 saturated heterocycles. The standard InChI is InChI=1S/C15H24N2O2/c1-3-11-13(18)16-12(10-6-7-10)14(19)17(11)15(2)8-4-5-9-15/h10-12H,3-9H2,1-2H3,(H,16,18). The van der Waals surface area contributed by atoms with Crippen molar-refractivity contribution in [3.63, 3.8) is 0 Å². The first kappa shape index (κ1) is 12.9. The van der Waals surface area contributed by atoms with Gasteiger partial charge in [-0.3, -0.25) is 9.59 Å². The van der Waals surface area contributed by atoms with Crippen LogP contribution in [0.25, 0.3) is 0 Å². The van der Waals surface area contributed by atoms with E-state index in [1.54, 1.807) is 0 Å². The lowest BCUT2D eigenvalue weighted by Crippen LogP contribution is -2.68. The van der Waals surface area contributed by atoms with Gasteiger partial charge in [-0.2, -0.15) is 0 Å². The minimum absolute atomic E-state index is 0.0622. The predicted molar refractivity (Wildman–Crippen MR) is 72.5 cm³/mol. The molecule has 4 nitrogen and oxygen atoms in total. The van der Waals surface area contributed by atoms with Crippen molar-refractivity contribution >= 4 is 11.8 Å². The van der Waals surface area contributed by atoms with Gasteiger partial charge in [0.25, 0.3) is 0 Å². The summed E-state index contributed by atoms with van der Waals surface area (Å²) in [5.74, 6) is 0.632. The average Bonchev–Trinajstić information content (AvgIpc) is 3.13. The monoisotopic (exact) mass is 264 g/mol. The largest absolute Gasteiger partial charge is 0.342 e. The Morgan fingerprint density at radius 2 is 1.89 bits per heavy atom. The van der Waals surface area contributed by atoms with E-state index in [0.717, 1.165) is 25.7 Å². The van der Waals surface area contributed by atoms with E-state index in [2.05, 4.69) is 12.2 Å². The zero-order chi connectivity index (χ0) is 13.6. The summed E-state index contributed by atoms with van der Waals surface area (Å²) in [5, 5.41) is 2.97.